The molecule has 4 nitrogen and oxygen atoms in total. The summed E-state index contributed by atoms with van der Waals surface area (Å²) in [6.07, 6.45) is 4.17. The molecule has 0 amide bonds. The maximum atomic E-state index is 14.1. The highest BCUT2D eigenvalue weighted by molar-refractivity contribution is 6.32. The molecule has 3 aromatic rings. The zero-order chi connectivity index (χ0) is 17.5. The lowest BCUT2D eigenvalue weighted by Crippen LogP contribution is -2.26. The van der Waals surface area contributed by atoms with Gasteiger partial charge in [0, 0.05) is 29.4 Å². The third kappa shape index (κ3) is 3.26. The van der Waals surface area contributed by atoms with Crippen LogP contribution in [0.15, 0.2) is 42.9 Å². The molecular weight excluding hydrogens is 331 g/mol. The molecule has 0 unspecified atom stereocenters. The molecule has 0 atom stereocenters. The van der Waals surface area contributed by atoms with Crippen molar-refractivity contribution in [1.82, 2.24) is 9.55 Å². The summed E-state index contributed by atoms with van der Waals surface area (Å²) in [6, 6.07) is 6.57. The lowest BCUT2D eigenvalue weighted by molar-refractivity contribution is 0.0538. The van der Waals surface area contributed by atoms with Crippen LogP contribution in [0.3, 0.4) is 0 Å². The minimum Gasteiger partial charge on any atom is -0.443 e. The minimum absolute atomic E-state index is 0.0981. The molecular formula is C18H16ClFN2O2. The maximum Gasteiger partial charge on any atom is 0.418 e. The quantitative estimate of drug-likeness (QED) is 0.563. The first kappa shape index (κ1) is 16.5. The molecule has 0 aliphatic heterocycles. The second-order valence-corrected chi connectivity index (χ2v) is 6.81. The molecule has 124 valence electrons. The Morgan fingerprint density at radius 1 is 1.21 bits per heavy atom. The molecule has 0 saturated heterocycles. The van der Waals surface area contributed by atoms with Crippen LogP contribution >= 0.6 is 11.6 Å². The molecule has 2 aromatic heterocycles. The predicted molar refractivity (Wildman–Crippen MR) is 91.8 cm³/mol. The fourth-order valence-corrected chi connectivity index (χ4v) is 2.64. The van der Waals surface area contributed by atoms with Gasteiger partial charge in [-0.1, -0.05) is 23.7 Å². The van der Waals surface area contributed by atoms with Crippen LogP contribution in [0, 0.1) is 5.82 Å². The lowest BCUT2D eigenvalue weighted by Gasteiger charge is -2.19. The molecule has 0 radical (unpaired) electrons. The number of nitrogens with zero attached hydrogens (tertiary/aromatic N) is 2. The van der Waals surface area contributed by atoms with E-state index in [1.54, 1.807) is 51.4 Å². The van der Waals surface area contributed by atoms with Gasteiger partial charge in [0.05, 0.1) is 5.56 Å². The number of hydrogen-bond acceptors (Lipinski definition) is 3. The van der Waals surface area contributed by atoms with E-state index < -0.39 is 17.5 Å². The number of halogens is 2. The molecule has 6 heteroatoms. The third-order valence-electron chi connectivity index (χ3n) is 3.39. The highest BCUT2D eigenvalue weighted by Crippen LogP contribution is 2.31. The van der Waals surface area contributed by atoms with E-state index in [0.29, 0.717) is 5.56 Å². The van der Waals surface area contributed by atoms with Crippen LogP contribution in [0.5, 0.6) is 0 Å². The zero-order valence-electron chi connectivity index (χ0n) is 13.5. The van der Waals surface area contributed by atoms with Gasteiger partial charge in [0.15, 0.2) is 0 Å². The zero-order valence-corrected chi connectivity index (χ0v) is 14.3. The Balaban J connectivity index is 2.02. The van der Waals surface area contributed by atoms with Crippen molar-refractivity contribution in [2.45, 2.75) is 26.4 Å². The van der Waals surface area contributed by atoms with Gasteiger partial charge in [-0.25, -0.2) is 14.2 Å². The molecule has 0 spiro atoms. The van der Waals surface area contributed by atoms with E-state index in [4.69, 9.17) is 16.3 Å². The molecule has 24 heavy (non-hydrogen) atoms. The third-order valence-corrected chi connectivity index (χ3v) is 3.68. The second kappa shape index (κ2) is 5.91. The van der Waals surface area contributed by atoms with Crippen molar-refractivity contribution < 1.29 is 13.9 Å². The van der Waals surface area contributed by atoms with Crippen LogP contribution in [0.4, 0.5) is 9.18 Å². The summed E-state index contributed by atoms with van der Waals surface area (Å²) < 4.78 is 20.8. The number of ether oxygens (including phenoxy) is 1. The Morgan fingerprint density at radius 3 is 2.58 bits per heavy atom. The number of pyridine rings is 1. The normalized spacial score (nSPS) is 11.7. The molecule has 0 aliphatic carbocycles. The molecule has 0 saturated carbocycles. The van der Waals surface area contributed by atoms with E-state index in [0.717, 1.165) is 10.8 Å². The van der Waals surface area contributed by atoms with Crippen molar-refractivity contribution in [2.75, 3.05) is 0 Å². The monoisotopic (exact) mass is 346 g/mol. The Bertz CT molecular complexity index is 908. The average Bonchev–Trinajstić information content (AvgIpc) is 2.88. The first-order chi connectivity index (χ1) is 11.2. The first-order valence-electron chi connectivity index (χ1n) is 7.40. The molecule has 0 aliphatic rings. The minimum atomic E-state index is -0.578. The maximum absolute atomic E-state index is 14.1. The summed E-state index contributed by atoms with van der Waals surface area (Å²) in [7, 11) is 0. The Kier molecular flexibility index (Phi) is 4.05. The van der Waals surface area contributed by atoms with Gasteiger partial charge < -0.3 is 4.74 Å². The standard InChI is InChI=1S/C18H16ClFN2O2/c1-18(2,3)24-17(23)22-9-12-5-4-11(8-13(12)10-22)15-14(20)6-7-21-16(15)19/h4-10H,1-3H3. The molecule has 2 heterocycles. The van der Waals surface area contributed by atoms with Crippen molar-refractivity contribution in [3.05, 3.63) is 53.8 Å². The second-order valence-electron chi connectivity index (χ2n) is 6.45. The molecule has 3 rings (SSSR count). The first-order valence-corrected chi connectivity index (χ1v) is 7.78. The Labute approximate surface area is 143 Å². The number of benzene rings is 1. The van der Waals surface area contributed by atoms with Gasteiger partial charge in [-0.05, 0) is 38.5 Å². The van der Waals surface area contributed by atoms with Gasteiger partial charge in [-0.2, -0.15) is 0 Å². The van der Waals surface area contributed by atoms with Crippen molar-refractivity contribution in [3.63, 3.8) is 0 Å². The van der Waals surface area contributed by atoms with E-state index in [2.05, 4.69) is 4.98 Å². The summed E-state index contributed by atoms with van der Waals surface area (Å²) >= 11 is 6.01. The van der Waals surface area contributed by atoms with Crippen LogP contribution in [0.2, 0.25) is 5.15 Å². The van der Waals surface area contributed by atoms with Crippen molar-refractivity contribution in [2.24, 2.45) is 0 Å². The van der Waals surface area contributed by atoms with Crippen LogP contribution < -0.4 is 0 Å². The summed E-state index contributed by atoms with van der Waals surface area (Å²) in [5.41, 5.74) is 0.261. The summed E-state index contributed by atoms with van der Waals surface area (Å²) in [5.74, 6) is -0.444. The lowest BCUT2D eigenvalue weighted by atomic mass is 10.0. The van der Waals surface area contributed by atoms with Gasteiger partial charge in [-0.15, -0.1) is 0 Å². The number of aromatic nitrogens is 2. The largest absolute Gasteiger partial charge is 0.443 e. The van der Waals surface area contributed by atoms with Crippen LogP contribution in [-0.2, 0) is 4.74 Å². The number of rotatable bonds is 1. The molecule has 0 N–H and O–H groups in total. The van der Waals surface area contributed by atoms with Gasteiger partial charge in [0.2, 0.25) is 0 Å². The smallest absolute Gasteiger partial charge is 0.418 e. The number of carbonyl (C=O) groups is 1. The fraction of sp³-hybridized carbons (Fsp3) is 0.222. The van der Waals surface area contributed by atoms with Crippen molar-refractivity contribution >= 4 is 28.5 Å². The molecule has 0 bridgehead atoms. The highest BCUT2D eigenvalue weighted by atomic mass is 35.5. The number of fused-ring (bicyclic) bond motifs is 1. The highest BCUT2D eigenvalue weighted by Gasteiger charge is 2.18. The average molecular weight is 347 g/mol. The van der Waals surface area contributed by atoms with Gasteiger partial charge in [0.25, 0.3) is 0 Å². The van der Waals surface area contributed by atoms with E-state index in [1.165, 1.54) is 16.8 Å². The Morgan fingerprint density at radius 2 is 1.92 bits per heavy atom. The molecule has 0 fully saturated rings. The molecule has 1 aromatic carbocycles. The topological polar surface area (TPSA) is 44.1 Å². The number of hydrogen-bond donors (Lipinski definition) is 0. The summed E-state index contributed by atoms with van der Waals surface area (Å²) in [6.45, 7) is 5.41. The Hall–Kier alpha value is -2.40. The van der Waals surface area contributed by atoms with Crippen LogP contribution in [0.1, 0.15) is 20.8 Å². The van der Waals surface area contributed by atoms with Crippen molar-refractivity contribution in [3.8, 4) is 11.1 Å². The van der Waals surface area contributed by atoms with E-state index in [9.17, 15) is 9.18 Å². The van der Waals surface area contributed by atoms with Crippen molar-refractivity contribution in [1.29, 1.82) is 0 Å². The van der Waals surface area contributed by atoms with E-state index in [-0.39, 0.29) is 10.7 Å². The fourth-order valence-electron chi connectivity index (χ4n) is 2.39. The summed E-state index contributed by atoms with van der Waals surface area (Å²) in [5, 5.41) is 1.71. The van der Waals surface area contributed by atoms with Gasteiger partial charge in [0.1, 0.15) is 16.6 Å². The predicted octanol–water partition coefficient (Wildman–Crippen LogP) is 5.28. The number of carbonyl (C=O) groups excluding carboxylic acids is 1. The van der Waals surface area contributed by atoms with Gasteiger partial charge >= 0.3 is 6.09 Å². The summed E-state index contributed by atoms with van der Waals surface area (Å²) in [4.78, 5) is 16.1. The van der Waals surface area contributed by atoms with E-state index >= 15 is 0 Å². The van der Waals surface area contributed by atoms with Crippen LogP contribution in [-0.4, -0.2) is 21.2 Å². The van der Waals surface area contributed by atoms with E-state index in [1.807, 2.05) is 0 Å². The SMILES string of the molecule is CC(C)(C)OC(=O)n1cc2ccc(-c3c(F)ccnc3Cl)cc2c1. The van der Waals surface area contributed by atoms with Crippen LogP contribution in [0.25, 0.3) is 21.9 Å². The van der Waals surface area contributed by atoms with Gasteiger partial charge in [-0.3, -0.25) is 4.57 Å².